The summed E-state index contributed by atoms with van der Waals surface area (Å²) in [4.78, 5) is 2.12. The molecule has 0 aromatic rings. The molecule has 2 heteroatoms. The Bertz CT molecular complexity index is 155. The molecule has 0 atom stereocenters. The summed E-state index contributed by atoms with van der Waals surface area (Å²) in [6.07, 6.45) is 0. The maximum Gasteiger partial charge on any atom is 0.0934 e. The summed E-state index contributed by atoms with van der Waals surface area (Å²) in [5, 5.41) is 7.69. The van der Waals surface area contributed by atoms with E-state index >= 15 is 0 Å². The van der Waals surface area contributed by atoms with Crippen molar-refractivity contribution in [2.45, 2.75) is 59.5 Å². The molecule has 0 heterocycles. The molecule has 72 valence electrons. The van der Waals surface area contributed by atoms with Gasteiger partial charge < -0.3 is 4.90 Å². The van der Waals surface area contributed by atoms with Crippen molar-refractivity contribution in [2.24, 2.45) is 0 Å². The predicted octanol–water partition coefficient (Wildman–Crippen LogP) is 2.88. The summed E-state index contributed by atoms with van der Waals surface area (Å²) < 4.78 is 0. The van der Waals surface area contributed by atoms with Crippen LogP contribution in [0.2, 0.25) is 0 Å². The van der Waals surface area contributed by atoms with Crippen LogP contribution in [0.15, 0.2) is 0 Å². The number of hydrogen-bond donors (Lipinski definition) is 1. The molecule has 0 aromatic heterocycles. The van der Waals surface area contributed by atoms with E-state index in [0.717, 1.165) is 0 Å². The zero-order valence-corrected chi connectivity index (χ0v) is 9.45. The topological polar surface area (TPSA) is 27.1 Å². The Kier molecular flexibility index (Phi) is 2.94. The Morgan fingerprint density at radius 1 is 0.917 bits per heavy atom. The molecule has 0 saturated carbocycles. The van der Waals surface area contributed by atoms with E-state index in [1.807, 2.05) is 6.92 Å². The Morgan fingerprint density at radius 3 is 1.17 bits per heavy atom. The number of nitrogens with zero attached hydrogens (tertiary/aromatic N) is 1. The summed E-state index contributed by atoms with van der Waals surface area (Å²) in [5.74, 6) is 0.634. The molecular formula is C10H22N2. The lowest BCUT2D eigenvalue weighted by molar-refractivity contribution is 0.122. The third kappa shape index (κ3) is 2.84. The fourth-order valence-corrected chi connectivity index (χ4v) is 2.01. The van der Waals surface area contributed by atoms with Crippen LogP contribution in [-0.4, -0.2) is 21.8 Å². The molecule has 0 saturated heterocycles. The molecule has 12 heavy (non-hydrogen) atoms. The molecule has 0 fully saturated rings. The van der Waals surface area contributed by atoms with Crippen molar-refractivity contribution in [3.8, 4) is 0 Å². The standard InChI is InChI=1S/C10H22N2/c1-8(11)12(9(2,3)4)10(5,6)7/h11H,1-7H3. The van der Waals surface area contributed by atoms with Crippen LogP contribution in [0.4, 0.5) is 0 Å². The molecule has 0 radical (unpaired) electrons. The number of hydrogen-bond acceptors (Lipinski definition) is 1. The molecule has 0 aromatic carbocycles. The van der Waals surface area contributed by atoms with Gasteiger partial charge in [0.1, 0.15) is 0 Å². The molecule has 0 amide bonds. The van der Waals surface area contributed by atoms with Gasteiger partial charge in [-0.3, -0.25) is 5.41 Å². The third-order valence-corrected chi connectivity index (χ3v) is 1.68. The summed E-state index contributed by atoms with van der Waals surface area (Å²) in [7, 11) is 0. The predicted molar refractivity (Wildman–Crippen MR) is 54.7 cm³/mol. The van der Waals surface area contributed by atoms with Crippen LogP contribution in [-0.2, 0) is 0 Å². The Labute approximate surface area is 76.5 Å². The third-order valence-electron chi connectivity index (χ3n) is 1.68. The van der Waals surface area contributed by atoms with Crippen molar-refractivity contribution in [1.29, 1.82) is 5.41 Å². The van der Waals surface area contributed by atoms with Gasteiger partial charge in [0.25, 0.3) is 0 Å². The van der Waals surface area contributed by atoms with Crippen molar-refractivity contribution in [1.82, 2.24) is 4.90 Å². The van der Waals surface area contributed by atoms with Crippen molar-refractivity contribution < 1.29 is 0 Å². The van der Waals surface area contributed by atoms with Crippen LogP contribution in [0.25, 0.3) is 0 Å². The largest absolute Gasteiger partial charge is 0.351 e. The van der Waals surface area contributed by atoms with Crippen molar-refractivity contribution in [3.05, 3.63) is 0 Å². The first-order valence-electron chi connectivity index (χ1n) is 4.42. The number of rotatable bonds is 0. The van der Waals surface area contributed by atoms with Crippen LogP contribution in [0.3, 0.4) is 0 Å². The maximum absolute atomic E-state index is 7.69. The molecule has 2 nitrogen and oxygen atoms in total. The van der Waals surface area contributed by atoms with Crippen molar-refractivity contribution in [2.75, 3.05) is 0 Å². The van der Waals surface area contributed by atoms with E-state index in [-0.39, 0.29) is 11.1 Å². The second-order valence-electron chi connectivity index (χ2n) is 5.26. The molecule has 0 aliphatic carbocycles. The lowest BCUT2D eigenvalue weighted by Crippen LogP contribution is -2.54. The van der Waals surface area contributed by atoms with E-state index in [4.69, 9.17) is 5.41 Å². The van der Waals surface area contributed by atoms with Crippen LogP contribution in [0, 0.1) is 5.41 Å². The molecule has 0 aliphatic rings. The van der Waals surface area contributed by atoms with Gasteiger partial charge in [-0.2, -0.15) is 0 Å². The summed E-state index contributed by atoms with van der Waals surface area (Å²) in [6.45, 7) is 14.7. The summed E-state index contributed by atoms with van der Waals surface area (Å²) >= 11 is 0. The quantitative estimate of drug-likeness (QED) is 0.439. The first kappa shape index (κ1) is 11.5. The molecule has 1 N–H and O–H groups in total. The molecule has 0 bridgehead atoms. The van der Waals surface area contributed by atoms with Gasteiger partial charge >= 0.3 is 0 Å². The minimum Gasteiger partial charge on any atom is -0.351 e. The highest BCUT2D eigenvalue weighted by Gasteiger charge is 2.31. The molecular weight excluding hydrogens is 148 g/mol. The first-order chi connectivity index (χ1) is 5.07. The Balaban J connectivity index is 4.82. The molecule has 0 rings (SSSR count). The summed E-state index contributed by atoms with van der Waals surface area (Å²) in [5.41, 5.74) is 0.0637. The fourth-order valence-electron chi connectivity index (χ4n) is 2.01. The van der Waals surface area contributed by atoms with E-state index in [2.05, 4.69) is 46.4 Å². The van der Waals surface area contributed by atoms with Gasteiger partial charge in [-0.1, -0.05) is 0 Å². The SMILES string of the molecule is CC(=N)N(C(C)(C)C)C(C)(C)C. The normalized spacial score (nSPS) is 12.9. The van der Waals surface area contributed by atoms with Gasteiger partial charge in [0.2, 0.25) is 0 Å². The van der Waals surface area contributed by atoms with E-state index in [0.29, 0.717) is 5.84 Å². The highest BCUT2D eigenvalue weighted by molar-refractivity contribution is 5.77. The maximum atomic E-state index is 7.69. The zero-order chi connectivity index (χ0) is 10.2. The minimum atomic E-state index is 0.0318. The Hall–Kier alpha value is -0.530. The Morgan fingerprint density at radius 2 is 1.17 bits per heavy atom. The minimum absolute atomic E-state index is 0.0318. The van der Waals surface area contributed by atoms with Crippen LogP contribution >= 0.6 is 0 Å². The number of amidine groups is 1. The summed E-state index contributed by atoms with van der Waals surface area (Å²) in [6, 6.07) is 0. The molecule has 0 spiro atoms. The van der Waals surface area contributed by atoms with Gasteiger partial charge in [-0.05, 0) is 48.5 Å². The zero-order valence-electron chi connectivity index (χ0n) is 9.45. The average Bonchev–Trinajstić information content (AvgIpc) is 1.49. The van der Waals surface area contributed by atoms with E-state index in [1.165, 1.54) is 0 Å². The lowest BCUT2D eigenvalue weighted by Gasteiger charge is -2.46. The first-order valence-corrected chi connectivity index (χ1v) is 4.42. The van der Waals surface area contributed by atoms with E-state index < -0.39 is 0 Å². The van der Waals surface area contributed by atoms with Crippen LogP contribution in [0.5, 0.6) is 0 Å². The number of nitrogens with one attached hydrogen (secondary N) is 1. The van der Waals surface area contributed by atoms with Gasteiger partial charge in [0.15, 0.2) is 0 Å². The molecule has 0 unspecified atom stereocenters. The highest BCUT2D eigenvalue weighted by Crippen LogP contribution is 2.24. The van der Waals surface area contributed by atoms with Gasteiger partial charge in [-0.25, -0.2) is 0 Å². The highest BCUT2D eigenvalue weighted by atomic mass is 15.3. The van der Waals surface area contributed by atoms with Crippen molar-refractivity contribution in [3.63, 3.8) is 0 Å². The van der Waals surface area contributed by atoms with Gasteiger partial charge in [-0.15, -0.1) is 0 Å². The average molecular weight is 170 g/mol. The monoisotopic (exact) mass is 170 g/mol. The van der Waals surface area contributed by atoms with Crippen LogP contribution in [0.1, 0.15) is 48.5 Å². The van der Waals surface area contributed by atoms with E-state index in [9.17, 15) is 0 Å². The van der Waals surface area contributed by atoms with Gasteiger partial charge in [0.05, 0.1) is 5.84 Å². The smallest absolute Gasteiger partial charge is 0.0934 e. The lowest BCUT2D eigenvalue weighted by atomic mass is 9.96. The van der Waals surface area contributed by atoms with Crippen LogP contribution < -0.4 is 0 Å². The fraction of sp³-hybridized carbons (Fsp3) is 0.900. The van der Waals surface area contributed by atoms with E-state index in [1.54, 1.807) is 0 Å². The second kappa shape index (κ2) is 3.08. The molecule has 0 aliphatic heterocycles. The second-order valence-corrected chi connectivity index (χ2v) is 5.26. The van der Waals surface area contributed by atoms with Crippen molar-refractivity contribution >= 4 is 5.84 Å². The van der Waals surface area contributed by atoms with Gasteiger partial charge in [0, 0.05) is 11.1 Å².